The van der Waals surface area contributed by atoms with Crippen LogP contribution in [0.25, 0.3) is 110 Å². The van der Waals surface area contributed by atoms with Crippen LogP contribution in [0.5, 0.6) is 11.5 Å². The van der Waals surface area contributed by atoms with Gasteiger partial charge in [0.1, 0.15) is 11.5 Å². The fraction of sp³-hybridized carbons (Fsp3) is 0. The highest BCUT2D eigenvalue weighted by molar-refractivity contribution is 6.25. The van der Waals surface area contributed by atoms with Crippen LogP contribution in [0.1, 0.15) is 0 Å². The number of rotatable bonds is 4. The van der Waals surface area contributed by atoms with Crippen molar-refractivity contribution in [3.05, 3.63) is 206 Å². The van der Waals surface area contributed by atoms with E-state index in [1.807, 2.05) is 0 Å². The van der Waals surface area contributed by atoms with Gasteiger partial charge in [0.05, 0.1) is 27.8 Å². The van der Waals surface area contributed by atoms with Crippen LogP contribution in [0.2, 0.25) is 0 Å². The number of benzene rings is 10. The average molecular weight is 751 g/mol. The summed E-state index contributed by atoms with van der Waals surface area (Å²) >= 11 is 0. The Morgan fingerprint density at radius 2 is 0.966 bits per heavy atom. The molecule has 3 heteroatoms. The van der Waals surface area contributed by atoms with E-state index in [1.54, 1.807) is 0 Å². The maximum Gasteiger partial charge on any atom is 0.138 e. The fourth-order valence-corrected chi connectivity index (χ4v) is 9.87. The van der Waals surface area contributed by atoms with Crippen LogP contribution in [0.15, 0.2) is 206 Å². The molecule has 0 bridgehead atoms. The van der Waals surface area contributed by atoms with Crippen LogP contribution in [-0.4, -0.2) is 9.13 Å². The van der Waals surface area contributed by atoms with E-state index < -0.39 is 0 Å². The second-order valence-corrected chi connectivity index (χ2v) is 15.7. The molecule has 3 heterocycles. The summed E-state index contributed by atoms with van der Waals surface area (Å²) in [5, 5.41) is 9.73. The summed E-state index contributed by atoms with van der Waals surface area (Å²) in [5.74, 6) is 1.75. The van der Waals surface area contributed by atoms with Gasteiger partial charge >= 0.3 is 0 Å². The van der Waals surface area contributed by atoms with Crippen molar-refractivity contribution in [3.63, 3.8) is 0 Å². The molecule has 1 aliphatic rings. The standard InChI is InChI=1S/C56H34N2O/c1-3-14-35(15-4-1)36-27-29-50-47(31-36)42-20-9-11-24-48(42)58(50)51-32-39(30-38-16-7-8-19-41(38)51)37-26-28-43-44-22-13-23-46-55-45-21-10-12-25-49(45)57(40-17-5-2-6-18-40)52(55)34-54(56(44)46)59-53(43)33-37/h1-34H. The quantitative estimate of drug-likeness (QED) is 0.175. The topological polar surface area (TPSA) is 19.1 Å². The lowest BCUT2D eigenvalue weighted by atomic mass is 9.91. The molecular weight excluding hydrogens is 717 g/mol. The number of fused-ring (bicyclic) bond motifs is 10. The molecule has 0 spiro atoms. The van der Waals surface area contributed by atoms with Crippen LogP contribution in [0, 0.1) is 0 Å². The molecule has 0 N–H and O–H groups in total. The fourth-order valence-electron chi connectivity index (χ4n) is 9.87. The molecule has 10 aromatic carbocycles. The predicted molar refractivity (Wildman–Crippen MR) is 247 cm³/mol. The summed E-state index contributed by atoms with van der Waals surface area (Å²) in [6.07, 6.45) is 0. The first-order valence-electron chi connectivity index (χ1n) is 20.3. The first-order valence-corrected chi connectivity index (χ1v) is 20.3. The molecule has 3 nitrogen and oxygen atoms in total. The predicted octanol–water partition coefficient (Wildman–Crippen LogP) is 15.3. The van der Waals surface area contributed by atoms with Gasteiger partial charge in [-0.2, -0.15) is 0 Å². The van der Waals surface area contributed by atoms with Crippen molar-refractivity contribution in [1.82, 2.24) is 9.13 Å². The van der Waals surface area contributed by atoms with Gasteiger partial charge in [0, 0.05) is 49.6 Å². The molecule has 0 amide bonds. The largest absolute Gasteiger partial charge is 0.456 e. The van der Waals surface area contributed by atoms with Gasteiger partial charge in [-0.15, -0.1) is 0 Å². The van der Waals surface area contributed by atoms with Gasteiger partial charge in [-0.05, 0) is 99.3 Å². The minimum Gasteiger partial charge on any atom is -0.456 e. The van der Waals surface area contributed by atoms with E-state index >= 15 is 0 Å². The number of ether oxygens (including phenoxy) is 1. The molecule has 0 fully saturated rings. The van der Waals surface area contributed by atoms with E-state index in [9.17, 15) is 0 Å². The molecule has 13 rings (SSSR count). The average Bonchev–Trinajstić information content (AvgIpc) is 3.81. The Labute approximate surface area is 340 Å². The van der Waals surface area contributed by atoms with Gasteiger partial charge in [-0.25, -0.2) is 0 Å². The normalized spacial score (nSPS) is 12.2. The van der Waals surface area contributed by atoms with Crippen molar-refractivity contribution in [3.8, 4) is 56.3 Å². The van der Waals surface area contributed by atoms with Crippen LogP contribution in [0.3, 0.4) is 0 Å². The molecule has 0 saturated heterocycles. The summed E-state index contributed by atoms with van der Waals surface area (Å²) < 4.78 is 11.9. The molecule has 0 unspecified atom stereocenters. The Morgan fingerprint density at radius 1 is 0.305 bits per heavy atom. The third-order valence-electron chi connectivity index (χ3n) is 12.5. The van der Waals surface area contributed by atoms with E-state index in [0.717, 1.165) is 50.5 Å². The van der Waals surface area contributed by atoms with Crippen molar-refractivity contribution in [2.75, 3.05) is 0 Å². The van der Waals surface area contributed by atoms with Gasteiger partial charge in [0.15, 0.2) is 0 Å². The Hall–Kier alpha value is -7.88. The SMILES string of the molecule is c1ccc(-c2ccc3c(c2)c2ccccc2n3-c2cc(-c3ccc4c(c3)Oc3cc5c(c6cccc-4c36)c3ccccc3n5-c3ccccc3)cc3ccccc23)cc1. The highest BCUT2D eigenvalue weighted by Gasteiger charge is 2.25. The highest BCUT2D eigenvalue weighted by Crippen LogP contribution is 2.51. The third-order valence-corrected chi connectivity index (χ3v) is 12.5. The van der Waals surface area contributed by atoms with Crippen LogP contribution in [0.4, 0.5) is 0 Å². The Bertz CT molecular complexity index is 3690. The maximum absolute atomic E-state index is 7.04. The second-order valence-electron chi connectivity index (χ2n) is 15.7. The molecule has 59 heavy (non-hydrogen) atoms. The zero-order chi connectivity index (χ0) is 38.6. The lowest BCUT2D eigenvalue weighted by Crippen LogP contribution is -2.00. The second kappa shape index (κ2) is 12.3. The van der Waals surface area contributed by atoms with Crippen LogP contribution in [-0.2, 0) is 0 Å². The highest BCUT2D eigenvalue weighted by atomic mass is 16.5. The molecular formula is C56H34N2O. The Morgan fingerprint density at radius 3 is 1.81 bits per heavy atom. The van der Waals surface area contributed by atoms with Crippen molar-refractivity contribution >= 4 is 65.2 Å². The third kappa shape index (κ3) is 4.70. The lowest BCUT2D eigenvalue weighted by molar-refractivity contribution is 0.488. The molecule has 0 saturated carbocycles. The van der Waals surface area contributed by atoms with Crippen molar-refractivity contribution < 1.29 is 4.74 Å². The van der Waals surface area contributed by atoms with E-state index in [1.165, 1.54) is 70.9 Å². The molecule has 0 aliphatic carbocycles. The zero-order valence-corrected chi connectivity index (χ0v) is 31.9. The summed E-state index contributed by atoms with van der Waals surface area (Å²) in [7, 11) is 0. The van der Waals surface area contributed by atoms with Gasteiger partial charge in [-0.3, -0.25) is 0 Å². The van der Waals surface area contributed by atoms with Crippen molar-refractivity contribution in [2.24, 2.45) is 0 Å². The summed E-state index contributed by atoms with van der Waals surface area (Å²) in [5.41, 5.74) is 14.0. The minimum absolute atomic E-state index is 0.865. The molecule has 0 radical (unpaired) electrons. The molecule has 274 valence electrons. The maximum atomic E-state index is 7.04. The van der Waals surface area contributed by atoms with Crippen LogP contribution < -0.4 is 4.74 Å². The van der Waals surface area contributed by atoms with Gasteiger partial charge < -0.3 is 13.9 Å². The molecule has 1 aliphatic heterocycles. The monoisotopic (exact) mass is 750 g/mol. The van der Waals surface area contributed by atoms with Gasteiger partial charge in [0.2, 0.25) is 0 Å². The smallest absolute Gasteiger partial charge is 0.138 e. The summed E-state index contributed by atoms with van der Waals surface area (Å²) in [6.45, 7) is 0. The van der Waals surface area contributed by atoms with Gasteiger partial charge in [-0.1, -0.05) is 140 Å². The number of aromatic nitrogens is 2. The van der Waals surface area contributed by atoms with Crippen molar-refractivity contribution in [2.45, 2.75) is 0 Å². The zero-order valence-electron chi connectivity index (χ0n) is 31.9. The van der Waals surface area contributed by atoms with Crippen molar-refractivity contribution in [1.29, 1.82) is 0 Å². The summed E-state index contributed by atoms with van der Waals surface area (Å²) in [4.78, 5) is 0. The Balaban J connectivity index is 1.00. The minimum atomic E-state index is 0.865. The lowest BCUT2D eigenvalue weighted by Gasteiger charge is -2.23. The first-order chi connectivity index (χ1) is 29.3. The first kappa shape index (κ1) is 32.2. The van der Waals surface area contributed by atoms with E-state index in [2.05, 4.69) is 215 Å². The number of hydrogen-bond donors (Lipinski definition) is 0. The number of nitrogens with zero attached hydrogens (tertiary/aromatic N) is 2. The van der Waals surface area contributed by atoms with E-state index in [4.69, 9.17) is 4.74 Å². The molecule has 0 atom stereocenters. The van der Waals surface area contributed by atoms with E-state index in [0.29, 0.717) is 0 Å². The Kier molecular flexibility index (Phi) is 6.72. The van der Waals surface area contributed by atoms with Gasteiger partial charge in [0.25, 0.3) is 0 Å². The number of para-hydroxylation sites is 3. The molecule has 2 aromatic heterocycles. The van der Waals surface area contributed by atoms with E-state index in [-0.39, 0.29) is 0 Å². The van der Waals surface area contributed by atoms with Crippen LogP contribution >= 0.6 is 0 Å². The summed E-state index contributed by atoms with van der Waals surface area (Å²) in [6, 6.07) is 74.9. The molecule has 12 aromatic rings. The number of hydrogen-bond acceptors (Lipinski definition) is 1.